The third-order valence-corrected chi connectivity index (χ3v) is 7.31. The topological polar surface area (TPSA) is 49.6 Å². The first-order chi connectivity index (χ1) is 12.7. The van der Waals surface area contributed by atoms with Crippen LogP contribution >= 0.6 is 0 Å². The summed E-state index contributed by atoms with van der Waals surface area (Å²) < 4.78 is 0. The van der Waals surface area contributed by atoms with E-state index in [4.69, 9.17) is 0 Å². The highest BCUT2D eigenvalue weighted by atomic mass is 14.8. The lowest BCUT2D eigenvalue weighted by atomic mass is 9.54. The van der Waals surface area contributed by atoms with Crippen LogP contribution in [0.2, 0.25) is 0 Å². The fourth-order valence-corrected chi connectivity index (χ4v) is 6.10. The lowest BCUT2D eigenvalue weighted by Crippen LogP contribution is -2.40. The number of aryl methyl sites for hydroxylation is 1. The summed E-state index contributed by atoms with van der Waals surface area (Å²) in [5, 5.41) is 9.20. The van der Waals surface area contributed by atoms with Crippen LogP contribution in [0.1, 0.15) is 60.8 Å². The molecule has 0 amide bonds. The van der Waals surface area contributed by atoms with Gasteiger partial charge in [-0.1, -0.05) is 19.1 Å². The highest BCUT2D eigenvalue weighted by Gasteiger charge is 2.51. The molecule has 130 valence electrons. The van der Waals surface area contributed by atoms with Gasteiger partial charge in [0.2, 0.25) is 0 Å². The highest BCUT2D eigenvalue weighted by Crippen LogP contribution is 2.62. The van der Waals surface area contributed by atoms with Gasteiger partial charge in [-0.2, -0.15) is 5.26 Å². The molecule has 0 N–H and O–H groups in total. The number of aromatic nitrogens is 2. The lowest BCUT2D eigenvalue weighted by Gasteiger charge is -2.50. The molecule has 26 heavy (non-hydrogen) atoms. The van der Waals surface area contributed by atoms with Gasteiger partial charge < -0.3 is 0 Å². The van der Waals surface area contributed by atoms with Crippen molar-refractivity contribution >= 4 is 5.57 Å². The van der Waals surface area contributed by atoms with Crippen molar-refractivity contribution < 1.29 is 0 Å². The molecule has 3 heteroatoms. The molecule has 3 nitrogen and oxygen atoms in total. The maximum Gasteiger partial charge on any atom is 0.115 e. The third kappa shape index (κ3) is 2.18. The number of nitriles is 1. The van der Waals surface area contributed by atoms with E-state index >= 15 is 0 Å². The van der Waals surface area contributed by atoms with Crippen molar-refractivity contribution in [3.63, 3.8) is 0 Å². The first-order valence-corrected chi connectivity index (χ1v) is 9.69. The fourth-order valence-electron chi connectivity index (χ4n) is 6.10. The molecule has 0 spiro atoms. The van der Waals surface area contributed by atoms with Gasteiger partial charge in [-0.3, -0.25) is 0 Å². The van der Waals surface area contributed by atoms with Crippen LogP contribution in [-0.4, -0.2) is 9.97 Å². The van der Waals surface area contributed by atoms with Crippen LogP contribution in [0.15, 0.2) is 43.0 Å². The number of rotatable bonds is 1. The van der Waals surface area contributed by atoms with Crippen molar-refractivity contribution in [1.29, 1.82) is 5.26 Å². The first-order valence-electron chi connectivity index (χ1n) is 9.69. The van der Waals surface area contributed by atoms with E-state index in [0.717, 1.165) is 17.9 Å². The van der Waals surface area contributed by atoms with E-state index in [-0.39, 0.29) is 5.41 Å². The Kier molecular flexibility index (Phi) is 3.50. The van der Waals surface area contributed by atoms with Gasteiger partial charge in [-0.15, -0.1) is 0 Å². The van der Waals surface area contributed by atoms with E-state index in [9.17, 15) is 5.26 Å². The maximum absolute atomic E-state index is 9.20. The Morgan fingerprint density at radius 1 is 1.19 bits per heavy atom. The monoisotopic (exact) mass is 341 g/mol. The van der Waals surface area contributed by atoms with Crippen molar-refractivity contribution in [2.45, 2.75) is 44.9 Å². The van der Waals surface area contributed by atoms with E-state index < -0.39 is 0 Å². The number of nitrogens with zero attached hydrogens (tertiary/aromatic N) is 3. The van der Waals surface area contributed by atoms with Gasteiger partial charge in [0.1, 0.15) is 6.33 Å². The number of benzene rings is 1. The summed E-state index contributed by atoms with van der Waals surface area (Å²) in [6.45, 7) is 2.47. The van der Waals surface area contributed by atoms with E-state index in [2.05, 4.69) is 41.2 Å². The zero-order valence-electron chi connectivity index (χ0n) is 15.2. The Labute approximate surface area is 154 Å². The molecule has 1 heterocycles. The van der Waals surface area contributed by atoms with E-state index in [1.165, 1.54) is 47.9 Å². The molecular weight excluding hydrogens is 318 g/mol. The van der Waals surface area contributed by atoms with Gasteiger partial charge >= 0.3 is 0 Å². The molecule has 2 aromatic rings. The summed E-state index contributed by atoms with van der Waals surface area (Å²) >= 11 is 0. The molecule has 4 atom stereocenters. The Bertz CT molecular complexity index is 924. The Morgan fingerprint density at radius 2 is 2.04 bits per heavy atom. The second-order valence-corrected chi connectivity index (χ2v) is 8.38. The molecule has 1 aromatic carbocycles. The second-order valence-electron chi connectivity index (χ2n) is 8.38. The van der Waals surface area contributed by atoms with Crippen LogP contribution in [0.3, 0.4) is 0 Å². The molecule has 4 unspecified atom stereocenters. The third-order valence-electron chi connectivity index (χ3n) is 7.31. The number of fused-ring (bicyclic) bond motifs is 5. The van der Waals surface area contributed by atoms with E-state index in [1.54, 1.807) is 6.33 Å². The largest absolute Gasteiger partial charge is 0.244 e. The highest BCUT2D eigenvalue weighted by molar-refractivity contribution is 5.72. The van der Waals surface area contributed by atoms with Crippen molar-refractivity contribution in [3.8, 4) is 6.07 Å². The van der Waals surface area contributed by atoms with Crippen LogP contribution in [-0.2, 0) is 6.42 Å². The predicted octanol–water partition coefficient (Wildman–Crippen LogP) is 4.90. The van der Waals surface area contributed by atoms with Gasteiger partial charge in [-0.25, -0.2) is 9.97 Å². The second kappa shape index (κ2) is 5.77. The molecule has 0 aliphatic heterocycles. The summed E-state index contributed by atoms with van der Waals surface area (Å²) in [7, 11) is 0. The molecular formula is C23H23N3. The smallest absolute Gasteiger partial charge is 0.115 e. The fraction of sp³-hybridized carbons (Fsp3) is 0.435. The maximum atomic E-state index is 9.20. The summed E-state index contributed by atoms with van der Waals surface area (Å²) in [5.41, 5.74) is 6.64. The van der Waals surface area contributed by atoms with E-state index in [1.807, 2.05) is 18.5 Å². The molecule has 1 saturated carbocycles. The number of hydrogen-bond acceptors (Lipinski definition) is 3. The Morgan fingerprint density at radius 3 is 2.85 bits per heavy atom. The lowest BCUT2D eigenvalue weighted by molar-refractivity contribution is 0.0885. The van der Waals surface area contributed by atoms with Gasteiger partial charge in [0.15, 0.2) is 0 Å². The van der Waals surface area contributed by atoms with Gasteiger partial charge in [-0.05, 0) is 84.1 Å². The molecule has 1 fully saturated rings. The Hall–Kier alpha value is -2.47. The van der Waals surface area contributed by atoms with Crippen molar-refractivity contribution in [3.05, 3.63) is 65.2 Å². The van der Waals surface area contributed by atoms with Gasteiger partial charge in [0.25, 0.3) is 0 Å². The molecule has 3 aliphatic carbocycles. The van der Waals surface area contributed by atoms with Gasteiger partial charge in [0.05, 0.1) is 11.6 Å². The zero-order valence-corrected chi connectivity index (χ0v) is 15.2. The zero-order chi connectivity index (χ0) is 17.7. The quantitative estimate of drug-likeness (QED) is 0.741. The van der Waals surface area contributed by atoms with Crippen LogP contribution < -0.4 is 0 Å². The summed E-state index contributed by atoms with van der Waals surface area (Å²) in [4.78, 5) is 8.49. The summed E-state index contributed by atoms with van der Waals surface area (Å²) in [6.07, 6.45) is 14.0. The minimum atomic E-state index is 0.246. The minimum absolute atomic E-state index is 0.246. The molecule has 5 rings (SSSR count). The van der Waals surface area contributed by atoms with Crippen LogP contribution in [0.5, 0.6) is 0 Å². The molecule has 0 bridgehead atoms. The number of allylic oxidation sites excluding steroid dienone is 2. The molecule has 0 saturated heterocycles. The van der Waals surface area contributed by atoms with Crippen molar-refractivity contribution in [2.24, 2.45) is 17.3 Å². The molecule has 0 radical (unpaired) electrons. The normalized spacial score (nSPS) is 32.0. The Balaban J connectivity index is 1.49. The summed E-state index contributed by atoms with van der Waals surface area (Å²) in [6, 6.07) is 8.67. The molecule has 3 aliphatic rings. The number of hydrogen-bond donors (Lipinski definition) is 0. The van der Waals surface area contributed by atoms with Crippen LogP contribution in [0.4, 0.5) is 0 Å². The first kappa shape index (κ1) is 15.8. The average Bonchev–Trinajstić information content (AvgIpc) is 3.05. The van der Waals surface area contributed by atoms with Crippen molar-refractivity contribution in [2.75, 3.05) is 0 Å². The standard InChI is InChI=1S/C23H23N3/c1-23-9-8-19-18-4-2-15(11-24)10-16(18)3-5-20(19)22(23)7-6-21(23)17-12-25-14-26-13-17/h2,4,6,10,12-14,19-20,22H,3,5,7-9H2,1H3. The van der Waals surface area contributed by atoms with E-state index in [0.29, 0.717) is 11.8 Å². The average molecular weight is 341 g/mol. The summed E-state index contributed by atoms with van der Waals surface area (Å²) in [5.74, 6) is 2.11. The minimum Gasteiger partial charge on any atom is -0.244 e. The SMILES string of the molecule is CC12CCC3c4ccc(C#N)cc4CCC3C1CC=C2c1cncnc1. The van der Waals surface area contributed by atoms with Crippen molar-refractivity contribution in [1.82, 2.24) is 9.97 Å². The van der Waals surface area contributed by atoms with Crippen LogP contribution in [0.25, 0.3) is 5.57 Å². The van der Waals surface area contributed by atoms with Crippen LogP contribution in [0, 0.1) is 28.6 Å². The van der Waals surface area contributed by atoms with Gasteiger partial charge in [0, 0.05) is 18.0 Å². The predicted molar refractivity (Wildman–Crippen MR) is 101 cm³/mol. The molecule has 1 aromatic heterocycles.